The van der Waals surface area contributed by atoms with Crippen LogP contribution in [0.1, 0.15) is 15.9 Å². The summed E-state index contributed by atoms with van der Waals surface area (Å²) >= 11 is 1.32. The third-order valence-electron chi connectivity index (χ3n) is 4.07. The van der Waals surface area contributed by atoms with Gasteiger partial charge in [-0.25, -0.2) is 4.98 Å². The Balaban J connectivity index is 1.71. The minimum absolute atomic E-state index is 0.146. The summed E-state index contributed by atoms with van der Waals surface area (Å²) < 4.78 is 7.18. The number of rotatable bonds is 7. The molecule has 1 aromatic heterocycles. The van der Waals surface area contributed by atoms with E-state index in [1.165, 1.54) is 24.9 Å². The zero-order valence-electron chi connectivity index (χ0n) is 15.5. The molecule has 0 fully saturated rings. The summed E-state index contributed by atoms with van der Waals surface area (Å²) in [6.07, 6.45) is 3.56. The van der Waals surface area contributed by atoms with Crippen molar-refractivity contribution in [2.75, 3.05) is 18.2 Å². The van der Waals surface area contributed by atoms with Crippen molar-refractivity contribution in [1.82, 2.24) is 9.55 Å². The number of imidazole rings is 1. The van der Waals surface area contributed by atoms with Gasteiger partial charge in [0.2, 0.25) is 11.8 Å². The molecule has 3 rings (SSSR count). The monoisotopic (exact) mass is 396 g/mol. The van der Waals surface area contributed by atoms with Gasteiger partial charge in [0.25, 0.3) is 0 Å². The van der Waals surface area contributed by atoms with Gasteiger partial charge in [-0.05, 0) is 36.8 Å². The van der Waals surface area contributed by atoms with Crippen LogP contribution in [-0.4, -0.2) is 34.2 Å². The van der Waals surface area contributed by atoms with E-state index in [1.54, 1.807) is 18.3 Å². The average Bonchev–Trinajstić information content (AvgIpc) is 3.15. The first-order valence-corrected chi connectivity index (χ1v) is 9.48. The third-order valence-corrected chi connectivity index (χ3v) is 5.04. The van der Waals surface area contributed by atoms with Crippen LogP contribution in [0.25, 0.3) is 5.69 Å². The standard InChI is InChI=1S/C20H20N4O3S/c1-13-5-3-4-6-16(13)24-10-9-22-20(24)28-12-18(25)23-15-11-14(19(21)26)7-8-17(15)27-2/h3-11H,12H2,1-2H3,(H2,21,26)(H,23,25). The van der Waals surface area contributed by atoms with Crippen molar-refractivity contribution in [2.45, 2.75) is 12.1 Å². The number of amides is 2. The first kappa shape index (κ1) is 19.5. The number of aryl methyl sites for hydroxylation is 1. The van der Waals surface area contributed by atoms with Crippen LogP contribution in [0.3, 0.4) is 0 Å². The normalized spacial score (nSPS) is 10.5. The molecule has 0 radical (unpaired) electrons. The maximum absolute atomic E-state index is 12.4. The number of carbonyl (C=O) groups is 2. The second-order valence-corrected chi connectivity index (χ2v) is 6.92. The molecular weight excluding hydrogens is 376 g/mol. The van der Waals surface area contributed by atoms with E-state index in [-0.39, 0.29) is 11.7 Å². The summed E-state index contributed by atoms with van der Waals surface area (Å²) in [5.41, 5.74) is 8.11. The molecule has 0 aliphatic heterocycles. The Kier molecular flexibility index (Phi) is 6.00. The highest BCUT2D eigenvalue weighted by atomic mass is 32.2. The second kappa shape index (κ2) is 8.62. The van der Waals surface area contributed by atoms with Crippen LogP contribution < -0.4 is 15.8 Å². The van der Waals surface area contributed by atoms with Crippen molar-refractivity contribution in [2.24, 2.45) is 5.73 Å². The minimum Gasteiger partial charge on any atom is -0.495 e. The highest BCUT2D eigenvalue weighted by Crippen LogP contribution is 2.27. The molecule has 8 heteroatoms. The van der Waals surface area contributed by atoms with Crippen molar-refractivity contribution < 1.29 is 14.3 Å². The summed E-state index contributed by atoms with van der Waals surface area (Å²) in [6.45, 7) is 2.02. The maximum atomic E-state index is 12.4. The number of primary amides is 1. The molecule has 0 bridgehead atoms. The molecule has 7 nitrogen and oxygen atoms in total. The van der Waals surface area contributed by atoms with Gasteiger partial charge < -0.3 is 15.8 Å². The fourth-order valence-corrected chi connectivity index (χ4v) is 3.45. The number of nitrogens with zero attached hydrogens (tertiary/aromatic N) is 2. The number of benzene rings is 2. The van der Waals surface area contributed by atoms with Crippen molar-refractivity contribution in [3.05, 3.63) is 66.0 Å². The van der Waals surface area contributed by atoms with Crippen LogP contribution in [-0.2, 0) is 4.79 Å². The Hall–Kier alpha value is -3.26. The molecule has 144 valence electrons. The van der Waals surface area contributed by atoms with E-state index in [4.69, 9.17) is 10.5 Å². The largest absolute Gasteiger partial charge is 0.495 e. The number of aromatic nitrogens is 2. The lowest BCUT2D eigenvalue weighted by molar-refractivity contribution is -0.113. The summed E-state index contributed by atoms with van der Waals surface area (Å²) in [5.74, 6) is -0.228. The van der Waals surface area contributed by atoms with Crippen molar-refractivity contribution in [3.8, 4) is 11.4 Å². The first-order chi connectivity index (χ1) is 13.5. The molecule has 3 aromatic rings. The predicted octanol–water partition coefficient (Wildman–Crippen LogP) is 3.02. The topological polar surface area (TPSA) is 99.2 Å². The van der Waals surface area contributed by atoms with E-state index in [9.17, 15) is 9.59 Å². The molecule has 3 N–H and O–H groups in total. The van der Waals surface area contributed by atoms with Crippen LogP contribution in [0.2, 0.25) is 0 Å². The van der Waals surface area contributed by atoms with Crippen LogP contribution in [0.4, 0.5) is 5.69 Å². The molecule has 0 saturated heterocycles. The van der Waals surface area contributed by atoms with Crippen molar-refractivity contribution in [1.29, 1.82) is 0 Å². The molecule has 0 spiro atoms. The quantitative estimate of drug-likeness (QED) is 0.598. The van der Waals surface area contributed by atoms with E-state index < -0.39 is 5.91 Å². The van der Waals surface area contributed by atoms with Gasteiger partial charge in [-0.15, -0.1) is 0 Å². The fraction of sp³-hybridized carbons (Fsp3) is 0.150. The minimum atomic E-state index is -0.576. The number of nitrogens with one attached hydrogen (secondary N) is 1. The highest BCUT2D eigenvalue weighted by molar-refractivity contribution is 7.99. The number of hydrogen-bond acceptors (Lipinski definition) is 5. The van der Waals surface area contributed by atoms with Gasteiger partial charge in [0.1, 0.15) is 5.75 Å². The smallest absolute Gasteiger partial charge is 0.248 e. The van der Waals surface area contributed by atoms with Gasteiger partial charge in [0, 0.05) is 18.0 Å². The number of methoxy groups -OCH3 is 1. The van der Waals surface area contributed by atoms with E-state index >= 15 is 0 Å². The number of thioether (sulfide) groups is 1. The van der Waals surface area contributed by atoms with E-state index in [2.05, 4.69) is 10.3 Å². The van der Waals surface area contributed by atoms with Crippen molar-refractivity contribution in [3.63, 3.8) is 0 Å². The van der Waals surface area contributed by atoms with Crippen LogP contribution in [0, 0.1) is 6.92 Å². The number of hydrogen-bond donors (Lipinski definition) is 2. The molecule has 2 amide bonds. The molecule has 0 aliphatic carbocycles. The second-order valence-electron chi connectivity index (χ2n) is 5.98. The van der Waals surface area contributed by atoms with Crippen LogP contribution in [0.5, 0.6) is 5.75 Å². The number of nitrogens with two attached hydrogens (primary N) is 1. The number of anilines is 1. The number of ether oxygens (including phenoxy) is 1. The van der Waals surface area contributed by atoms with E-state index in [0.29, 0.717) is 22.2 Å². The molecule has 0 unspecified atom stereocenters. The van der Waals surface area contributed by atoms with Crippen LogP contribution in [0.15, 0.2) is 60.0 Å². The lowest BCUT2D eigenvalue weighted by Gasteiger charge is -2.12. The maximum Gasteiger partial charge on any atom is 0.248 e. The number of carbonyl (C=O) groups excluding carboxylic acids is 2. The van der Waals surface area contributed by atoms with Gasteiger partial charge in [-0.3, -0.25) is 14.2 Å². The van der Waals surface area contributed by atoms with Gasteiger partial charge in [0.05, 0.1) is 24.2 Å². The zero-order chi connectivity index (χ0) is 20.1. The van der Waals surface area contributed by atoms with Gasteiger partial charge in [0.15, 0.2) is 5.16 Å². The Bertz CT molecular complexity index is 1020. The Morgan fingerprint density at radius 1 is 1.25 bits per heavy atom. The zero-order valence-corrected chi connectivity index (χ0v) is 16.3. The van der Waals surface area contributed by atoms with Crippen LogP contribution >= 0.6 is 11.8 Å². The van der Waals surface area contributed by atoms with Gasteiger partial charge >= 0.3 is 0 Å². The molecular formula is C20H20N4O3S. The highest BCUT2D eigenvalue weighted by Gasteiger charge is 2.13. The van der Waals surface area contributed by atoms with E-state index in [0.717, 1.165) is 11.3 Å². The van der Waals surface area contributed by atoms with Gasteiger partial charge in [-0.1, -0.05) is 30.0 Å². The summed E-state index contributed by atoms with van der Waals surface area (Å²) in [4.78, 5) is 28.1. The Labute approximate surface area is 166 Å². The number of para-hydroxylation sites is 1. The molecule has 0 aliphatic rings. The summed E-state index contributed by atoms with van der Waals surface area (Å²) in [6, 6.07) is 12.6. The molecule has 1 heterocycles. The first-order valence-electron chi connectivity index (χ1n) is 8.49. The fourth-order valence-electron chi connectivity index (χ4n) is 2.69. The molecule has 0 atom stereocenters. The SMILES string of the molecule is COc1ccc(C(N)=O)cc1NC(=O)CSc1nccn1-c1ccccc1C. The Morgan fingerprint density at radius 3 is 2.75 bits per heavy atom. The van der Waals surface area contributed by atoms with Gasteiger partial charge in [-0.2, -0.15) is 0 Å². The third kappa shape index (κ3) is 4.34. The lowest BCUT2D eigenvalue weighted by atomic mass is 10.1. The van der Waals surface area contributed by atoms with E-state index in [1.807, 2.05) is 42.0 Å². The average molecular weight is 396 g/mol. The lowest BCUT2D eigenvalue weighted by Crippen LogP contribution is -2.17. The van der Waals surface area contributed by atoms with Crippen molar-refractivity contribution >= 4 is 29.3 Å². The Morgan fingerprint density at radius 2 is 2.04 bits per heavy atom. The molecule has 2 aromatic carbocycles. The summed E-state index contributed by atoms with van der Waals surface area (Å²) in [7, 11) is 1.49. The molecule has 28 heavy (non-hydrogen) atoms. The predicted molar refractivity (Wildman–Crippen MR) is 109 cm³/mol. The summed E-state index contributed by atoms with van der Waals surface area (Å²) in [5, 5.41) is 3.47. The molecule has 0 saturated carbocycles.